The van der Waals surface area contributed by atoms with Gasteiger partial charge in [0.2, 0.25) is 10.0 Å². The summed E-state index contributed by atoms with van der Waals surface area (Å²) in [5.74, 6) is -0.654. The maximum atomic E-state index is 11.9. The molecule has 19 heavy (non-hydrogen) atoms. The number of sulfonamides is 1. The molecule has 0 aliphatic rings. The molecule has 1 aromatic carbocycles. The van der Waals surface area contributed by atoms with Crippen molar-refractivity contribution in [1.29, 1.82) is 0 Å². The van der Waals surface area contributed by atoms with E-state index in [2.05, 4.69) is 4.72 Å². The van der Waals surface area contributed by atoms with Crippen LogP contribution >= 0.6 is 0 Å². The standard InChI is InChI=1S/C12H17NO5S/c1-3-8-18-10-4-6-11(7-5-10)19(16,17)13-9(2)12(14)15/h4-7,9,13H,3,8H2,1-2H3,(H,14,15)/t9-/m0/s1. The van der Waals surface area contributed by atoms with Crippen molar-refractivity contribution in [1.82, 2.24) is 4.72 Å². The fourth-order valence-corrected chi connectivity index (χ4v) is 2.48. The van der Waals surface area contributed by atoms with E-state index in [0.29, 0.717) is 12.4 Å². The van der Waals surface area contributed by atoms with E-state index in [0.717, 1.165) is 6.42 Å². The van der Waals surface area contributed by atoms with Crippen LogP contribution in [0.15, 0.2) is 29.2 Å². The Morgan fingerprint density at radius 1 is 1.37 bits per heavy atom. The van der Waals surface area contributed by atoms with Crippen LogP contribution in [0.2, 0.25) is 0 Å². The number of carbonyl (C=O) groups is 1. The maximum Gasteiger partial charge on any atom is 0.321 e. The summed E-state index contributed by atoms with van der Waals surface area (Å²) >= 11 is 0. The molecule has 7 heteroatoms. The van der Waals surface area contributed by atoms with Gasteiger partial charge in [-0.3, -0.25) is 4.79 Å². The van der Waals surface area contributed by atoms with Crippen LogP contribution in [0.3, 0.4) is 0 Å². The Bertz CT molecular complexity index is 524. The minimum absolute atomic E-state index is 0.00412. The summed E-state index contributed by atoms with van der Waals surface area (Å²) in [6, 6.07) is 4.65. The Kier molecular flexibility index (Phi) is 5.31. The van der Waals surface area contributed by atoms with Crippen LogP contribution in [-0.2, 0) is 14.8 Å². The first-order valence-corrected chi connectivity index (χ1v) is 7.33. The number of aliphatic carboxylic acids is 1. The zero-order valence-electron chi connectivity index (χ0n) is 10.8. The Hall–Kier alpha value is -1.60. The lowest BCUT2D eigenvalue weighted by atomic mass is 10.3. The predicted octanol–water partition coefficient (Wildman–Crippen LogP) is 1.23. The quantitative estimate of drug-likeness (QED) is 0.786. The molecule has 0 unspecified atom stereocenters. The minimum Gasteiger partial charge on any atom is -0.494 e. The lowest BCUT2D eigenvalue weighted by Gasteiger charge is -2.11. The smallest absolute Gasteiger partial charge is 0.321 e. The van der Waals surface area contributed by atoms with E-state index in [-0.39, 0.29) is 4.90 Å². The molecule has 0 aliphatic heterocycles. The molecule has 0 fully saturated rings. The number of carboxylic acid groups (broad SMARTS) is 1. The second-order valence-electron chi connectivity index (χ2n) is 4.00. The summed E-state index contributed by atoms with van der Waals surface area (Å²) in [6.45, 7) is 3.79. The van der Waals surface area contributed by atoms with Crippen LogP contribution in [-0.4, -0.2) is 32.1 Å². The van der Waals surface area contributed by atoms with Crippen LogP contribution in [0.25, 0.3) is 0 Å². The number of hydrogen-bond donors (Lipinski definition) is 2. The van der Waals surface area contributed by atoms with Crippen LogP contribution in [0.4, 0.5) is 0 Å². The molecule has 0 spiro atoms. The van der Waals surface area contributed by atoms with Gasteiger partial charge in [0.25, 0.3) is 0 Å². The Balaban J connectivity index is 2.81. The average molecular weight is 287 g/mol. The summed E-state index contributed by atoms with van der Waals surface area (Å²) in [7, 11) is -3.83. The molecule has 1 rings (SSSR count). The second-order valence-corrected chi connectivity index (χ2v) is 5.72. The van der Waals surface area contributed by atoms with Crippen molar-refractivity contribution in [3.8, 4) is 5.75 Å². The highest BCUT2D eigenvalue weighted by Gasteiger charge is 2.21. The van der Waals surface area contributed by atoms with Gasteiger partial charge in [0.05, 0.1) is 11.5 Å². The van der Waals surface area contributed by atoms with E-state index in [1.807, 2.05) is 6.92 Å². The Morgan fingerprint density at radius 3 is 2.42 bits per heavy atom. The van der Waals surface area contributed by atoms with Crippen molar-refractivity contribution in [3.63, 3.8) is 0 Å². The van der Waals surface area contributed by atoms with E-state index >= 15 is 0 Å². The third-order valence-corrected chi connectivity index (χ3v) is 3.87. The van der Waals surface area contributed by atoms with E-state index in [1.165, 1.54) is 31.2 Å². The highest BCUT2D eigenvalue weighted by atomic mass is 32.2. The van der Waals surface area contributed by atoms with E-state index < -0.39 is 22.0 Å². The SMILES string of the molecule is CCCOc1ccc(S(=O)(=O)N[C@@H](C)C(=O)O)cc1. The molecule has 1 aromatic rings. The molecular weight excluding hydrogens is 270 g/mol. The lowest BCUT2D eigenvalue weighted by Crippen LogP contribution is -2.38. The van der Waals surface area contributed by atoms with Crippen LogP contribution in [0.1, 0.15) is 20.3 Å². The van der Waals surface area contributed by atoms with Crippen molar-refractivity contribution < 1.29 is 23.1 Å². The van der Waals surface area contributed by atoms with Crippen molar-refractivity contribution in [2.24, 2.45) is 0 Å². The molecule has 0 bridgehead atoms. The Labute approximate surface area is 112 Å². The highest BCUT2D eigenvalue weighted by molar-refractivity contribution is 7.89. The summed E-state index contributed by atoms with van der Waals surface area (Å²) in [5, 5.41) is 8.69. The van der Waals surface area contributed by atoms with Crippen molar-refractivity contribution in [2.45, 2.75) is 31.2 Å². The molecular formula is C12H17NO5S. The van der Waals surface area contributed by atoms with Crippen molar-refractivity contribution >= 4 is 16.0 Å². The molecule has 0 saturated carbocycles. The first-order valence-electron chi connectivity index (χ1n) is 5.85. The largest absolute Gasteiger partial charge is 0.494 e. The molecule has 0 amide bonds. The van der Waals surface area contributed by atoms with Crippen LogP contribution in [0.5, 0.6) is 5.75 Å². The van der Waals surface area contributed by atoms with Gasteiger partial charge in [0.15, 0.2) is 0 Å². The lowest BCUT2D eigenvalue weighted by molar-refractivity contribution is -0.138. The van der Waals surface area contributed by atoms with E-state index in [1.54, 1.807) is 0 Å². The molecule has 0 aromatic heterocycles. The molecule has 1 atom stereocenters. The van der Waals surface area contributed by atoms with Gasteiger partial charge < -0.3 is 9.84 Å². The molecule has 0 saturated heterocycles. The molecule has 0 aliphatic carbocycles. The van der Waals surface area contributed by atoms with Gasteiger partial charge >= 0.3 is 5.97 Å². The first kappa shape index (κ1) is 15.5. The predicted molar refractivity (Wildman–Crippen MR) is 69.6 cm³/mol. The number of rotatable bonds is 7. The Morgan fingerprint density at radius 2 is 1.95 bits per heavy atom. The number of hydrogen-bond acceptors (Lipinski definition) is 4. The average Bonchev–Trinajstić information content (AvgIpc) is 2.36. The topological polar surface area (TPSA) is 92.7 Å². The van der Waals surface area contributed by atoms with Gasteiger partial charge in [-0.2, -0.15) is 4.72 Å². The van der Waals surface area contributed by atoms with Crippen LogP contribution < -0.4 is 9.46 Å². The van der Waals surface area contributed by atoms with Gasteiger partial charge in [-0.25, -0.2) is 8.42 Å². The van der Waals surface area contributed by atoms with Gasteiger partial charge in [0, 0.05) is 0 Å². The van der Waals surface area contributed by atoms with Gasteiger partial charge in [-0.05, 0) is 37.6 Å². The molecule has 0 heterocycles. The molecule has 6 nitrogen and oxygen atoms in total. The molecule has 2 N–H and O–H groups in total. The first-order chi connectivity index (χ1) is 8.86. The van der Waals surface area contributed by atoms with Gasteiger partial charge in [-0.1, -0.05) is 6.92 Å². The number of carboxylic acids is 1. The monoisotopic (exact) mass is 287 g/mol. The highest BCUT2D eigenvalue weighted by Crippen LogP contribution is 2.16. The molecule has 0 radical (unpaired) electrons. The van der Waals surface area contributed by atoms with E-state index in [9.17, 15) is 13.2 Å². The van der Waals surface area contributed by atoms with Crippen molar-refractivity contribution in [3.05, 3.63) is 24.3 Å². The van der Waals surface area contributed by atoms with Gasteiger partial charge in [0.1, 0.15) is 11.8 Å². The third-order valence-electron chi connectivity index (χ3n) is 2.31. The summed E-state index contributed by atoms with van der Waals surface area (Å²) in [5.41, 5.74) is 0. The van der Waals surface area contributed by atoms with Crippen LogP contribution in [0, 0.1) is 0 Å². The molecule has 106 valence electrons. The zero-order chi connectivity index (χ0) is 14.5. The number of ether oxygens (including phenoxy) is 1. The summed E-state index contributed by atoms with van der Waals surface area (Å²) < 4.78 is 31.1. The van der Waals surface area contributed by atoms with Gasteiger partial charge in [-0.15, -0.1) is 0 Å². The summed E-state index contributed by atoms with van der Waals surface area (Å²) in [6.07, 6.45) is 0.859. The minimum atomic E-state index is -3.83. The zero-order valence-corrected chi connectivity index (χ0v) is 11.6. The fraction of sp³-hybridized carbons (Fsp3) is 0.417. The normalized spacial score (nSPS) is 12.9. The van der Waals surface area contributed by atoms with Crippen molar-refractivity contribution in [2.75, 3.05) is 6.61 Å². The second kappa shape index (κ2) is 6.53. The number of nitrogens with one attached hydrogen (secondary N) is 1. The summed E-state index contributed by atoms with van der Waals surface area (Å²) in [4.78, 5) is 10.6. The fourth-order valence-electron chi connectivity index (χ4n) is 1.29. The maximum absolute atomic E-state index is 11.9. The van der Waals surface area contributed by atoms with E-state index in [4.69, 9.17) is 9.84 Å². The number of benzene rings is 1. The third kappa shape index (κ3) is 4.53.